The van der Waals surface area contributed by atoms with E-state index < -0.39 is 0 Å². The highest BCUT2D eigenvalue weighted by molar-refractivity contribution is 5.44. The predicted molar refractivity (Wildman–Crippen MR) is 78.8 cm³/mol. The Labute approximate surface area is 124 Å². The highest BCUT2D eigenvalue weighted by atomic mass is 15.4. The van der Waals surface area contributed by atoms with E-state index in [1.165, 1.54) is 0 Å². The third-order valence-corrected chi connectivity index (χ3v) is 3.90. The lowest BCUT2D eigenvalue weighted by molar-refractivity contribution is 0.477. The van der Waals surface area contributed by atoms with Crippen molar-refractivity contribution in [2.45, 2.75) is 39.3 Å². The maximum Gasteiger partial charge on any atom is 0.155 e. The Kier molecular flexibility index (Phi) is 3.34. The Hall–Kier alpha value is -2.42. The summed E-state index contributed by atoms with van der Waals surface area (Å²) in [6.45, 7) is 8.11. The summed E-state index contributed by atoms with van der Waals surface area (Å²) in [5.41, 5.74) is 0.577. The fourth-order valence-electron chi connectivity index (χ4n) is 2.77. The minimum atomic E-state index is 0.124. The van der Waals surface area contributed by atoms with Gasteiger partial charge in [0.2, 0.25) is 0 Å². The van der Waals surface area contributed by atoms with Gasteiger partial charge in [-0.3, -0.25) is 0 Å². The van der Waals surface area contributed by atoms with Crippen molar-refractivity contribution in [2.24, 2.45) is 0 Å². The minimum Gasteiger partial charge on any atom is -0.345 e. The zero-order chi connectivity index (χ0) is 15.0. The summed E-state index contributed by atoms with van der Waals surface area (Å²) >= 11 is 0. The molecule has 0 N–H and O–H groups in total. The van der Waals surface area contributed by atoms with Crippen molar-refractivity contribution in [3.05, 3.63) is 35.5 Å². The smallest absolute Gasteiger partial charge is 0.155 e. The van der Waals surface area contributed by atoms with Crippen LogP contribution in [-0.4, -0.2) is 26.3 Å². The maximum atomic E-state index is 8.85. The molecule has 3 heterocycles. The molecule has 1 unspecified atom stereocenters. The van der Waals surface area contributed by atoms with Crippen LogP contribution in [0.2, 0.25) is 0 Å². The molecular weight excluding hydrogens is 264 g/mol. The average molecular weight is 282 g/mol. The van der Waals surface area contributed by atoms with Gasteiger partial charge < -0.3 is 9.47 Å². The summed E-state index contributed by atoms with van der Waals surface area (Å²) in [6.07, 6.45) is 1.61. The van der Waals surface area contributed by atoms with Gasteiger partial charge in [0.1, 0.15) is 17.7 Å². The molecule has 3 rings (SSSR count). The number of anilines is 1. The van der Waals surface area contributed by atoms with Crippen molar-refractivity contribution >= 4 is 5.82 Å². The van der Waals surface area contributed by atoms with Crippen molar-refractivity contribution in [3.8, 4) is 6.07 Å². The number of fused-ring (bicyclic) bond motifs is 1. The second kappa shape index (κ2) is 5.17. The molecule has 0 spiro atoms. The quantitative estimate of drug-likeness (QED) is 0.845. The Balaban J connectivity index is 1.91. The summed E-state index contributed by atoms with van der Waals surface area (Å²) in [6, 6.07) is 5.91. The van der Waals surface area contributed by atoms with Gasteiger partial charge in [0, 0.05) is 25.2 Å². The molecule has 0 bridgehead atoms. The zero-order valence-corrected chi connectivity index (χ0v) is 12.5. The lowest BCUT2D eigenvalue weighted by Crippen LogP contribution is -2.38. The van der Waals surface area contributed by atoms with Crippen LogP contribution in [-0.2, 0) is 6.54 Å². The molecule has 1 aliphatic rings. The molecular formula is C15H18N6. The maximum absolute atomic E-state index is 8.85. The molecule has 0 amide bonds. The van der Waals surface area contributed by atoms with E-state index in [1.54, 1.807) is 12.3 Å². The monoisotopic (exact) mass is 282 g/mol. The van der Waals surface area contributed by atoms with Gasteiger partial charge in [-0.2, -0.15) is 5.26 Å². The van der Waals surface area contributed by atoms with Crippen molar-refractivity contribution in [1.82, 2.24) is 19.7 Å². The van der Waals surface area contributed by atoms with E-state index in [1.807, 2.05) is 6.07 Å². The van der Waals surface area contributed by atoms with E-state index in [0.29, 0.717) is 11.5 Å². The topological polar surface area (TPSA) is 70.6 Å². The first-order valence-electron chi connectivity index (χ1n) is 7.17. The lowest BCUT2D eigenvalue weighted by Gasteiger charge is -2.34. The highest BCUT2D eigenvalue weighted by Crippen LogP contribution is 2.29. The number of hydrogen-bond donors (Lipinski definition) is 0. The summed E-state index contributed by atoms with van der Waals surface area (Å²) < 4.78 is 2.22. The van der Waals surface area contributed by atoms with Gasteiger partial charge in [-0.25, -0.2) is 4.98 Å². The van der Waals surface area contributed by atoms with E-state index in [2.05, 4.69) is 51.5 Å². The third kappa shape index (κ3) is 2.25. The van der Waals surface area contributed by atoms with Crippen molar-refractivity contribution in [1.29, 1.82) is 5.26 Å². The number of hydrogen-bond acceptors (Lipinski definition) is 5. The van der Waals surface area contributed by atoms with Gasteiger partial charge >= 0.3 is 0 Å². The van der Waals surface area contributed by atoms with Gasteiger partial charge in [-0.05, 0) is 19.1 Å². The SMILES string of the molecule is CC(C)c1nnc2n1CCN(c1ccc(C#N)cn1)C2C. The number of rotatable bonds is 2. The van der Waals surface area contributed by atoms with Crippen LogP contribution in [0.4, 0.5) is 5.82 Å². The number of nitrogens with zero attached hydrogens (tertiary/aromatic N) is 6. The fourth-order valence-corrected chi connectivity index (χ4v) is 2.77. The second-order valence-electron chi connectivity index (χ2n) is 5.61. The third-order valence-electron chi connectivity index (χ3n) is 3.90. The van der Waals surface area contributed by atoms with E-state index in [-0.39, 0.29) is 6.04 Å². The van der Waals surface area contributed by atoms with Crippen LogP contribution < -0.4 is 4.90 Å². The largest absolute Gasteiger partial charge is 0.345 e. The Morgan fingerprint density at radius 3 is 2.71 bits per heavy atom. The first-order chi connectivity index (χ1) is 10.1. The van der Waals surface area contributed by atoms with Crippen LogP contribution in [0.3, 0.4) is 0 Å². The number of nitriles is 1. The molecule has 108 valence electrons. The summed E-state index contributed by atoms with van der Waals surface area (Å²) in [7, 11) is 0. The van der Waals surface area contributed by atoms with E-state index in [4.69, 9.17) is 5.26 Å². The number of pyridine rings is 1. The van der Waals surface area contributed by atoms with E-state index >= 15 is 0 Å². The summed E-state index contributed by atoms with van der Waals surface area (Å²) in [5.74, 6) is 3.28. The van der Waals surface area contributed by atoms with Crippen LogP contribution in [0.25, 0.3) is 0 Å². The molecule has 1 atom stereocenters. The Morgan fingerprint density at radius 2 is 2.10 bits per heavy atom. The van der Waals surface area contributed by atoms with Gasteiger partial charge in [0.05, 0.1) is 11.6 Å². The molecule has 2 aromatic rings. The van der Waals surface area contributed by atoms with Crippen molar-refractivity contribution < 1.29 is 0 Å². The average Bonchev–Trinajstić information content (AvgIpc) is 2.93. The molecule has 21 heavy (non-hydrogen) atoms. The second-order valence-corrected chi connectivity index (χ2v) is 5.61. The highest BCUT2D eigenvalue weighted by Gasteiger charge is 2.29. The molecule has 0 aromatic carbocycles. The summed E-state index contributed by atoms with van der Waals surface area (Å²) in [5, 5.41) is 17.5. The molecule has 6 nitrogen and oxygen atoms in total. The van der Waals surface area contributed by atoms with Crippen LogP contribution in [0.15, 0.2) is 18.3 Å². The zero-order valence-electron chi connectivity index (χ0n) is 12.5. The fraction of sp³-hybridized carbons (Fsp3) is 0.467. The Bertz CT molecular complexity index is 679. The lowest BCUT2D eigenvalue weighted by atomic mass is 10.1. The van der Waals surface area contributed by atoms with Crippen molar-refractivity contribution in [2.75, 3.05) is 11.4 Å². The van der Waals surface area contributed by atoms with Gasteiger partial charge in [0.15, 0.2) is 5.82 Å². The minimum absolute atomic E-state index is 0.124. The molecule has 0 fully saturated rings. The molecule has 2 aromatic heterocycles. The molecule has 1 aliphatic heterocycles. The molecule has 6 heteroatoms. The molecule has 0 aliphatic carbocycles. The normalized spacial score (nSPS) is 17.7. The summed E-state index contributed by atoms with van der Waals surface area (Å²) in [4.78, 5) is 6.59. The van der Waals surface area contributed by atoms with Gasteiger partial charge in [0.25, 0.3) is 0 Å². The first-order valence-corrected chi connectivity index (χ1v) is 7.17. The molecule has 0 saturated heterocycles. The predicted octanol–water partition coefficient (Wildman–Crippen LogP) is 2.25. The van der Waals surface area contributed by atoms with E-state index in [9.17, 15) is 0 Å². The standard InChI is InChI=1S/C15H18N6/c1-10(2)14-18-19-15-11(3)20(6-7-21(14)15)13-5-4-12(8-16)9-17-13/h4-5,9-11H,6-7H2,1-3H3. The van der Waals surface area contributed by atoms with Gasteiger partial charge in [-0.15, -0.1) is 10.2 Å². The van der Waals surface area contributed by atoms with E-state index in [0.717, 1.165) is 30.6 Å². The van der Waals surface area contributed by atoms with Crippen molar-refractivity contribution in [3.63, 3.8) is 0 Å². The van der Waals surface area contributed by atoms with Crippen LogP contribution in [0.1, 0.15) is 49.9 Å². The van der Waals surface area contributed by atoms with Crippen LogP contribution in [0.5, 0.6) is 0 Å². The number of aromatic nitrogens is 4. The van der Waals surface area contributed by atoms with Crippen LogP contribution >= 0.6 is 0 Å². The Morgan fingerprint density at radius 1 is 1.29 bits per heavy atom. The molecule has 0 saturated carbocycles. The first kappa shape index (κ1) is 13.6. The van der Waals surface area contributed by atoms with Gasteiger partial charge in [-0.1, -0.05) is 13.8 Å². The van der Waals surface area contributed by atoms with Crippen LogP contribution in [0, 0.1) is 11.3 Å². The molecule has 0 radical (unpaired) electrons.